The van der Waals surface area contributed by atoms with Gasteiger partial charge < -0.3 is 10.6 Å². The van der Waals surface area contributed by atoms with Gasteiger partial charge in [0.15, 0.2) is 0 Å². The molecule has 17 heavy (non-hydrogen) atoms. The Balaban J connectivity index is 2.67. The number of benzene rings is 1. The van der Waals surface area contributed by atoms with Gasteiger partial charge in [-0.15, -0.1) is 0 Å². The highest BCUT2D eigenvalue weighted by atomic mass is 32.1. The lowest BCUT2D eigenvalue weighted by Crippen LogP contribution is -2.26. The number of hydrogen-bond acceptors (Lipinski definition) is 3. The maximum Gasteiger partial charge on any atom is 0.251 e. The van der Waals surface area contributed by atoms with Gasteiger partial charge in [0.25, 0.3) is 11.8 Å². The summed E-state index contributed by atoms with van der Waals surface area (Å²) in [5.41, 5.74) is 1.09. The first-order valence-corrected chi connectivity index (χ1v) is 6.09. The van der Waals surface area contributed by atoms with Crippen molar-refractivity contribution in [3.63, 3.8) is 0 Å². The average molecular weight is 252 g/mol. The van der Waals surface area contributed by atoms with Crippen LogP contribution in [0.1, 0.15) is 27.6 Å². The van der Waals surface area contributed by atoms with Gasteiger partial charge in [-0.25, -0.2) is 0 Å². The molecule has 0 aliphatic rings. The van der Waals surface area contributed by atoms with Gasteiger partial charge in [0.05, 0.1) is 0 Å². The minimum Gasteiger partial charge on any atom is -0.352 e. The normalized spacial score (nSPS) is 9.76. The van der Waals surface area contributed by atoms with Crippen LogP contribution in [0.5, 0.6) is 0 Å². The quantitative estimate of drug-likeness (QED) is 0.687. The Kier molecular flexibility index (Phi) is 5.56. The molecule has 0 radical (unpaired) electrons. The molecule has 0 unspecified atom stereocenters. The van der Waals surface area contributed by atoms with E-state index in [1.807, 2.05) is 6.92 Å². The lowest BCUT2D eigenvalue weighted by molar-refractivity contribution is 0.0944. The zero-order valence-corrected chi connectivity index (χ0v) is 10.6. The van der Waals surface area contributed by atoms with E-state index in [1.54, 1.807) is 24.3 Å². The fraction of sp³-hybridized carbons (Fsp3) is 0.333. The molecule has 0 fully saturated rings. The lowest BCUT2D eigenvalue weighted by Gasteiger charge is -2.05. The minimum atomic E-state index is -0.151. The molecule has 0 aliphatic carbocycles. The first kappa shape index (κ1) is 13.6. The van der Waals surface area contributed by atoms with Crippen LogP contribution in [0.25, 0.3) is 0 Å². The van der Waals surface area contributed by atoms with Crippen molar-refractivity contribution in [1.82, 2.24) is 10.6 Å². The summed E-state index contributed by atoms with van der Waals surface area (Å²) >= 11 is 4.01. The molecule has 1 aromatic carbocycles. The molecule has 1 aromatic rings. The SMILES string of the molecule is CCNC(=O)c1ccc(C(=O)NCCS)cc1. The Morgan fingerprint density at radius 3 is 1.94 bits per heavy atom. The van der Waals surface area contributed by atoms with E-state index in [4.69, 9.17) is 0 Å². The number of nitrogens with one attached hydrogen (secondary N) is 2. The third kappa shape index (κ3) is 4.11. The molecule has 1 rings (SSSR count). The summed E-state index contributed by atoms with van der Waals surface area (Å²) in [5.74, 6) is 0.319. The molecule has 4 nitrogen and oxygen atoms in total. The number of rotatable bonds is 5. The van der Waals surface area contributed by atoms with Crippen LogP contribution < -0.4 is 10.6 Å². The predicted octanol–water partition coefficient (Wildman–Crippen LogP) is 1.10. The van der Waals surface area contributed by atoms with Crippen LogP contribution in [0.15, 0.2) is 24.3 Å². The molecule has 5 heteroatoms. The zero-order valence-electron chi connectivity index (χ0n) is 9.69. The van der Waals surface area contributed by atoms with Crippen LogP contribution in [0.2, 0.25) is 0 Å². The van der Waals surface area contributed by atoms with Crippen LogP contribution in [-0.2, 0) is 0 Å². The molecule has 0 spiro atoms. The molecule has 2 amide bonds. The highest BCUT2D eigenvalue weighted by Gasteiger charge is 2.07. The Bertz CT molecular complexity index is 390. The summed E-state index contributed by atoms with van der Waals surface area (Å²) < 4.78 is 0. The Morgan fingerprint density at radius 2 is 1.53 bits per heavy atom. The first-order valence-electron chi connectivity index (χ1n) is 5.46. The van der Waals surface area contributed by atoms with Crippen molar-refractivity contribution in [1.29, 1.82) is 0 Å². The standard InChI is InChI=1S/C12H16N2O2S/c1-2-13-11(15)9-3-5-10(6-4-9)12(16)14-7-8-17/h3-6,17H,2,7-8H2,1H3,(H,13,15)(H,14,16). The summed E-state index contributed by atoms with van der Waals surface area (Å²) in [4.78, 5) is 23.0. The highest BCUT2D eigenvalue weighted by Crippen LogP contribution is 2.04. The Hall–Kier alpha value is -1.49. The third-order valence-electron chi connectivity index (χ3n) is 2.14. The molecule has 0 atom stereocenters. The number of carbonyl (C=O) groups is 2. The van der Waals surface area contributed by atoms with E-state index in [0.717, 1.165) is 0 Å². The highest BCUT2D eigenvalue weighted by molar-refractivity contribution is 7.80. The molecule has 0 saturated carbocycles. The van der Waals surface area contributed by atoms with Gasteiger partial charge in [0.2, 0.25) is 0 Å². The monoisotopic (exact) mass is 252 g/mol. The summed E-state index contributed by atoms with van der Waals surface area (Å²) in [6, 6.07) is 6.55. The fourth-order valence-corrected chi connectivity index (χ4v) is 1.42. The largest absolute Gasteiger partial charge is 0.352 e. The van der Waals surface area contributed by atoms with Crippen LogP contribution in [0, 0.1) is 0 Å². The number of thiol groups is 1. The number of carbonyl (C=O) groups excluding carboxylic acids is 2. The molecule has 2 N–H and O–H groups in total. The molecular formula is C12H16N2O2S. The van der Waals surface area contributed by atoms with Gasteiger partial charge in [0, 0.05) is 30.0 Å². The second-order valence-electron chi connectivity index (χ2n) is 3.42. The number of hydrogen-bond donors (Lipinski definition) is 3. The molecule has 0 heterocycles. The molecule has 0 saturated heterocycles. The van der Waals surface area contributed by atoms with Crippen LogP contribution in [-0.4, -0.2) is 30.7 Å². The van der Waals surface area contributed by atoms with Crippen molar-refractivity contribution in [3.05, 3.63) is 35.4 Å². The van der Waals surface area contributed by atoms with Gasteiger partial charge in [-0.1, -0.05) is 0 Å². The second-order valence-corrected chi connectivity index (χ2v) is 3.86. The van der Waals surface area contributed by atoms with Crippen molar-refractivity contribution < 1.29 is 9.59 Å². The van der Waals surface area contributed by atoms with Gasteiger partial charge >= 0.3 is 0 Å². The average Bonchev–Trinajstić information content (AvgIpc) is 2.36. The summed E-state index contributed by atoms with van der Waals surface area (Å²) in [5, 5.41) is 5.40. The van der Waals surface area contributed by atoms with E-state index >= 15 is 0 Å². The fourth-order valence-electron chi connectivity index (χ4n) is 1.31. The van der Waals surface area contributed by atoms with E-state index in [2.05, 4.69) is 23.3 Å². The summed E-state index contributed by atoms with van der Waals surface area (Å²) in [7, 11) is 0. The molecule has 92 valence electrons. The van der Waals surface area contributed by atoms with Crippen molar-refractivity contribution >= 4 is 24.4 Å². The van der Waals surface area contributed by atoms with Gasteiger partial charge in [0.1, 0.15) is 0 Å². The molecule has 0 bridgehead atoms. The van der Waals surface area contributed by atoms with Crippen molar-refractivity contribution in [3.8, 4) is 0 Å². The Morgan fingerprint density at radius 1 is 1.06 bits per heavy atom. The van der Waals surface area contributed by atoms with E-state index in [1.165, 1.54) is 0 Å². The zero-order chi connectivity index (χ0) is 12.7. The predicted molar refractivity (Wildman–Crippen MR) is 70.6 cm³/mol. The first-order chi connectivity index (χ1) is 8.19. The van der Waals surface area contributed by atoms with Crippen molar-refractivity contribution in [2.75, 3.05) is 18.8 Å². The van der Waals surface area contributed by atoms with Gasteiger partial charge in [-0.05, 0) is 31.2 Å². The third-order valence-corrected chi connectivity index (χ3v) is 2.37. The maximum absolute atomic E-state index is 11.6. The number of amides is 2. The minimum absolute atomic E-state index is 0.130. The van der Waals surface area contributed by atoms with Crippen molar-refractivity contribution in [2.45, 2.75) is 6.92 Å². The molecule has 0 aromatic heterocycles. The van der Waals surface area contributed by atoms with E-state index < -0.39 is 0 Å². The summed E-state index contributed by atoms with van der Waals surface area (Å²) in [6.07, 6.45) is 0. The Labute approximate surface area is 106 Å². The van der Waals surface area contributed by atoms with Crippen molar-refractivity contribution in [2.24, 2.45) is 0 Å². The summed E-state index contributed by atoms with van der Waals surface area (Å²) in [6.45, 7) is 2.97. The lowest BCUT2D eigenvalue weighted by atomic mass is 10.1. The van der Waals surface area contributed by atoms with Crippen LogP contribution in [0.3, 0.4) is 0 Å². The topological polar surface area (TPSA) is 58.2 Å². The van der Waals surface area contributed by atoms with Gasteiger partial charge in [-0.3, -0.25) is 9.59 Å². The van der Waals surface area contributed by atoms with Crippen LogP contribution in [0.4, 0.5) is 0 Å². The maximum atomic E-state index is 11.6. The smallest absolute Gasteiger partial charge is 0.251 e. The molecular weight excluding hydrogens is 236 g/mol. The van der Waals surface area contributed by atoms with E-state index in [-0.39, 0.29) is 11.8 Å². The van der Waals surface area contributed by atoms with Crippen LogP contribution >= 0.6 is 12.6 Å². The molecule has 0 aliphatic heterocycles. The van der Waals surface area contributed by atoms with E-state index in [0.29, 0.717) is 30.0 Å². The second kappa shape index (κ2) is 6.96. The van der Waals surface area contributed by atoms with E-state index in [9.17, 15) is 9.59 Å². The van der Waals surface area contributed by atoms with Gasteiger partial charge in [-0.2, -0.15) is 12.6 Å².